The molecule has 0 saturated carbocycles. The first-order valence-electron chi connectivity index (χ1n) is 21.5. The Labute approximate surface area is 414 Å². The van der Waals surface area contributed by atoms with E-state index in [4.69, 9.17) is 34.8 Å². The van der Waals surface area contributed by atoms with Crippen LogP contribution in [-0.4, -0.2) is 37.7 Å². The van der Waals surface area contributed by atoms with Crippen LogP contribution in [0.2, 0.25) is 15.1 Å². The Morgan fingerprint density at radius 1 is 0.785 bits per heavy atom. The Hall–Kier alpha value is -3.03. The fourth-order valence-corrected chi connectivity index (χ4v) is 11.2. The van der Waals surface area contributed by atoms with Gasteiger partial charge in [-0.2, -0.15) is 13.2 Å². The molecule has 0 saturated heterocycles. The third kappa shape index (κ3) is 13.8. The normalized spacial score (nSPS) is 15.0. The molecule has 65 heavy (non-hydrogen) atoms. The molecule has 5 aromatic rings. The van der Waals surface area contributed by atoms with Gasteiger partial charge in [-0.1, -0.05) is 100 Å². The van der Waals surface area contributed by atoms with E-state index < -0.39 is 0 Å². The lowest BCUT2D eigenvalue weighted by Crippen LogP contribution is -3.11. The smallest absolute Gasteiger partial charge is 0.262 e. The van der Waals surface area contributed by atoms with Gasteiger partial charge in [-0.3, -0.25) is 10.1 Å². The average molecular weight is 1020 g/mol. The Balaban J connectivity index is 0.000000925. The second kappa shape index (κ2) is 26.5. The number of benzene rings is 4. The molecule has 10 nitrogen and oxygen atoms in total. The third-order valence-corrected chi connectivity index (χ3v) is 15.6. The topological polar surface area (TPSA) is 97.8 Å². The zero-order chi connectivity index (χ0) is 46.1. The van der Waals surface area contributed by atoms with Crippen molar-refractivity contribution in [3.8, 4) is 0 Å². The van der Waals surface area contributed by atoms with Gasteiger partial charge >= 0.3 is 0 Å². The summed E-state index contributed by atoms with van der Waals surface area (Å²) >= 11 is 24.9. The summed E-state index contributed by atoms with van der Waals surface area (Å²) in [6.45, 7) is 13.9. The van der Waals surface area contributed by atoms with Crippen molar-refractivity contribution in [1.29, 1.82) is 0 Å². The van der Waals surface area contributed by atoms with Crippen LogP contribution in [-0.2, 0) is 25.3 Å². The molecule has 1 aliphatic heterocycles. The highest BCUT2D eigenvalue weighted by Gasteiger charge is 2.29. The molecule has 1 N–H and O–H groups in total. The predicted octanol–water partition coefficient (Wildman–Crippen LogP) is 11.2. The molecule has 4 aromatic carbocycles. The number of nitrogens with zero attached hydrogens (tertiary/aromatic N) is 3. The molecule has 17 heteroatoms. The van der Waals surface area contributed by atoms with E-state index in [1.807, 2.05) is 37.3 Å². The summed E-state index contributed by atoms with van der Waals surface area (Å²) in [6.07, 6.45) is 12.0. The monoisotopic (exact) mass is 1010 g/mol. The van der Waals surface area contributed by atoms with E-state index in [-0.39, 0.29) is 0 Å². The van der Waals surface area contributed by atoms with Gasteiger partial charge in [-0.25, -0.2) is 0 Å². The van der Waals surface area contributed by atoms with Crippen molar-refractivity contribution in [3.05, 3.63) is 151 Å². The number of allylic oxidation sites excluding steroid dienone is 5. The predicted molar refractivity (Wildman–Crippen MR) is 269 cm³/mol. The lowest BCUT2D eigenvalue weighted by atomic mass is 10.1. The maximum Gasteiger partial charge on any atom is 0.262 e. The van der Waals surface area contributed by atoms with Gasteiger partial charge in [0.25, 0.3) is 5.01 Å². The van der Waals surface area contributed by atoms with Crippen LogP contribution in [0.4, 0.5) is 17.1 Å². The van der Waals surface area contributed by atoms with Crippen molar-refractivity contribution < 1.29 is 38.7 Å². The zero-order valence-electron chi connectivity index (χ0n) is 36.7. The van der Waals surface area contributed by atoms with Crippen molar-refractivity contribution in [3.63, 3.8) is 0 Å². The molecule has 0 unspecified atom stereocenters. The van der Waals surface area contributed by atoms with Gasteiger partial charge in [-0.15, -0.1) is 0 Å². The molecule has 0 radical (unpaired) electrons. The lowest BCUT2D eigenvalue weighted by molar-refractivity contribution is -0.894. The van der Waals surface area contributed by atoms with Crippen LogP contribution < -0.4 is 29.8 Å². The van der Waals surface area contributed by atoms with Crippen molar-refractivity contribution in [1.82, 2.24) is 0 Å². The van der Waals surface area contributed by atoms with Crippen molar-refractivity contribution in [2.24, 2.45) is 0 Å². The van der Waals surface area contributed by atoms with Crippen molar-refractivity contribution >= 4 is 115 Å². The highest BCUT2D eigenvalue weighted by molar-refractivity contribution is 8.03. The van der Waals surface area contributed by atoms with Crippen LogP contribution in [0.15, 0.2) is 130 Å². The van der Waals surface area contributed by atoms with Crippen LogP contribution in [0.25, 0.3) is 16.3 Å². The first kappa shape index (κ1) is 51.4. The highest BCUT2D eigenvalue weighted by atomic mass is 35.5. The van der Waals surface area contributed by atoms with Crippen LogP contribution in [0, 0.1) is 6.92 Å². The second-order valence-electron chi connectivity index (χ2n) is 15.0. The number of anilines is 3. The van der Waals surface area contributed by atoms with E-state index in [0.717, 1.165) is 108 Å². The minimum Gasteiger partial charge on any atom is -0.691 e. The number of rotatable bonds is 21. The van der Waals surface area contributed by atoms with Crippen LogP contribution in [0.5, 0.6) is 0 Å². The van der Waals surface area contributed by atoms with Gasteiger partial charge < -0.3 is 25.2 Å². The summed E-state index contributed by atoms with van der Waals surface area (Å²) in [7, 11) is 0. The number of hydrogen-bond donors (Lipinski definition) is 1. The van der Waals surface area contributed by atoms with Gasteiger partial charge in [0.05, 0.1) is 46.1 Å². The number of para-hydroxylation sites is 2. The number of thioether (sulfide) groups is 1. The summed E-state index contributed by atoms with van der Waals surface area (Å²) < 4.78 is 12.3. The van der Waals surface area contributed by atoms with Crippen LogP contribution >= 0.6 is 82.0 Å². The molecule has 0 fully saturated rings. The summed E-state index contributed by atoms with van der Waals surface area (Å²) in [6, 6.07) is 28.9. The van der Waals surface area contributed by atoms with E-state index in [0.29, 0.717) is 34.6 Å². The number of halogens is 3. The van der Waals surface area contributed by atoms with Crippen molar-refractivity contribution in [2.75, 3.05) is 47.5 Å². The molecule has 0 amide bonds. The highest BCUT2D eigenvalue weighted by Crippen LogP contribution is 2.49. The van der Waals surface area contributed by atoms with E-state index in [1.54, 1.807) is 28.0 Å². The molecule has 0 bridgehead atoms. The summed E-state index contributed by atoms with van der Waals surface area (Å²) in [5.41, 5.74) is 8.70. The molecule has 1 aromatic heterocycles. The maximum absolute atomic E-state index is 10.4. The summed E-state index contributed by atoms with van der Waals surface area (Å²) in [4.78, 5) is 7.43. The Morgan fingerprint density at radius 2 is 1.42 bits per heavy atom. The molecule has 2 heterocycles. The number of hydrogen-bond acceptors (Lipinski definition) is 12. The third-order valence-electron chi connectivity index (χ3n) is 11.0. The summed E-state index contributed by atoms with van der Waals surface area (Å²) in [5, 5.41) is 31.6. The number of aromatic nitrogens is 1. The number of nitrogens with one attached hydrogen (secondary N) is 1. The zero-order valence-corrected chi connectivity index (χ0v) is 42.3. The first-order valence-corrected chi connectivity index (χ1v) is 26.1. The van der Waals surface area contributed by atoms with Gasteiger partial charge in [-0.05, 0) is 118 Å². The summed E-state index contributed by atoms with van der Waals surface area (Å²) in [5.74, 6) is 1.16. The number of fused-ring (bicyclic) bond motifs is 2. The number of thiazole rings is 1. The fraction of sp³-hybridized carbons (Fsp3) is 0.312. The Bertz CT molecular complexity index is 2410. The molecular weight excluding hydrogens is 963 g/mol. The molecule has 346 valence electrons. The standard InChI is InChI=1S/C42H38Cl3N3O6S4.C6H15N/c1-28-24-36-38(26-33(28)43)57-40(46(36)20-8-22-55-53-51-49)18-16-29-14-15-30(42(29)48(31-10-4-2-5-11-31)32-12-6-3-7-13-32)17-19-41-47(21-9-23-56-54-52-50)37-25-34(44)35(45)27-39(37)58-41;1-4-7(5-2)6-3/h2-7,10-13,16-19,24-27H,8-9,14-15,20-23H2,1H3,(H-,49,50);4-6H2,1-3H3. The van der Waals surface area contributed by atoms with Crippen molar-refractivity contribution in [2.45, 2.75) is 64.8 Å². The first-order chi connectivity index (χ1) is 31.7. The van der Waals surface area contributed by atoms with E-state index in [9.17, 15) is 10.5 Å². The van der Waals surface area contributed by atoms with E-state index in [1.165, 1.54) is 30.8 Å². The Morgan fingerprint density at radius 3 is 2.03 bits per heavy atom. The molecule has 0 atom stereocenters. The maximum atomic E-state index is 10.4. The van der Waals surface area contributed by atoms with Crippen LogP contribution in [0.3, 0.4) is 0 Å². The number of aryl methyl sites for hydroxylation is 2. The van der Waals surface area contributed by atoms with Gasteiger partial charge in [0.15, 0.2) is 6.54 Å². The van der Waals surface area contributed by atoms with E-state index in [2.05, 4.69) is 133 Å². The minimum absolute atomic E-state index is 0.488. The average Bonchev–Trinajstić information content (AvgIpc) is 3.98. The van der Waals surface area contributed by atoms with E-state index >= 15 is 0 Å². The van der Waals surface area contributed by atoms with Gasteiger partial charge in [0, 0.05) is 82.0 Å². The quantitative estimate of drug-likeness (QED) is 0.0250. The largest absolute Gasteiger partial charge is 0.691 e. The molecule has 7 rings (SSSR count). The Kier molecular flexibility index (Phi) is 20.9. The molecule has 1 aliphatic carbocycles. The minimum atomic E-state index is 0.488. The second-order valence-corrected chi connectivity index (χ2v) is 19.9. The van der Waals surface area contributed by atoms with Gasteiger partial charge in [0.1, 0.15) is 4.70 Å². The molecule has 2 aliphatic rings. The molecular formula is C48H53Cl3N4O6S4. The van der Waals surface area contributed by atoms with Gasteiger partial charge in [0.2, 0.25) is 5.52 Å². The lowest BCUT2D eigenvalue weighted by Gasteiger charge is -2.28. The SMILES string of the molecule is CC[NH+](CC)CC.Cc1cc2c(cc1Cl)S/C(=C\C=C1CCC(/C=C/c3sc4cc(Cl)c(Cl)cc4[n+]3CCCSOO[O-])=C1N(c1ccccc1)c1ccccc1)N2CCCSOO[O-]. The number of quaternary nitrogens is 1. The fourth-order valence-electron chi connectivity index (χ4n) is 7.68. The molecule has 0 spiro atoms. The van der Waals surface area contributed by atoms with Crippen LogP contribution in [0.1, 0.15) is 57.0 Å².